The van der Waals surface area contributed by atoms with E-state index in [2.05, 4.69) is 21.2 Å². The van der Waals surface area contributed by atoms with E-state index in [-0.39, 0.29) is 5.82 Å². The first-order valence-electron chi connectivity index (χ1n) is 6.04. The molecule has 0 saturated heterocycles. The van der Waals surface area contributed by atoms with E-state index in [9.17, 15) is 4.39 Å². The SMILES string of the molecule is Cc1ccccc1NCCOc1ccc(Br)c(F)c1. The smallest absolute Gasteiger partial charge is 0.141 e. The monoisotopic (exact) mass is 323 g/mol. The van der Waals surface area contributed by atoms with Gasteiger partial charge in [-0.15, -0.1) is 0 Å². The first-order valence-corrected chi connectivity index (χ1v) is 6.83. The van der Waals surface area contributed by atoms with Gasteiger partial charge in [-0.25, -0.2) is 4.39 Å². The third kappa shape index (κ3) is 3.96. The van der Waals surface area contributed by atoms with Crippen molar-refractivity contribution in [2.24, 2.45) is 0 Å². The number of para-hydroxylation sites is 1. The van der Waals surface area contributed by atoms with Crippen LogP contribution in [0.4, 0.5) is 10.1 Å². The van der Waals surface area contributed by atoms with Gasteiger partial charge in [0.2, 0.25) is 0 Å². The van der Waals surface area contributed by atoms with Crippen LogP contribution in [-0.4, -0.2) is 13.2 Å². The van der Waals surface area contributed by atoms with Crippen LogP contribution < -0.4 is 10.1 Å². The predicted octanol–water partition coefficient (Wildman–Crippen LogP) is 4.39. The van der Waals surface area contributed by atoms with E-state index in [1.54, 1.807) is 12.1 Å². The third-order valence-electron chi connectivity index (χ3n) is 2.72. The number of rotatable bonds is 5. The molecule has 2 aromatic rings. The Labute approximate surface area is 120 Å². The Morgan fingerprint density at radius 1 is 1.21 bits per heavy atom. The maximum atomic E-state index is 13.3. The van der Waals surface area contributed by atoms with Crippen LogP contribution in [0.15, 0.2) is 46.9 Å². The predicted molar refractivity (Wildman–Crippen MR) is 79.3 cm³/mol. The zero-order valence-corrected chi connectivity index (χ0v) is 12.2. The van der Waals surface area contributed by atoms with Gasteiger partial charge >= 0.3 is 0 Å². The number of nitrogens with one attached hydrogen (secondary N) is 1. The average molecular weight is 324 g/mol. The van der Waals surface area contributed by atoms with Crippen molar-refractivity contribution in [3.63, 3.8) is 0 Å². The van der Waals surface area contributed by atoms with Gasteiger partial charge in [0.1, 0.15) is 18.2 Å². The zero-order chi connectivity index (χ0) is 13.7. The Bertz CT molecular complexity index is 560. The summed E-state index contributed by atoms with van der Waals surface area (Å²) in [4.78, 5) is 0. The number of anilines is 1. The molecule has 0 aliphatic heterocycles. The van der Waals surface area contributed by atoms with Crippen molar-refractivity contribution >= 4 is 21.6 Å². The lowest BCUT2D eigenvalue weighted by atomic mass is 10.2. The van der Waals surface area contributed by atoms with Crippen LogP contribution >= 0.6 is 15.9 Å². The van der Waals surface area contributed by atoms with Gasteiger partial charge in [0.15, 0.2) is 0 Å². The molecule has 0 unspecified atom stereocenters. The van der Waals surface area contributed by atoms with Crippen LogP contribution in [0.5, 0.6) is 5.75 Å². The van der Waals surface area contributed by atoms with Crippen molar-refractivity contribution in [1.82, 2.24) is 0 Å². The van der Waals surface area contributed by atoms with Crippen molar-refractivity contribution in [2.45, 2.75) is 6.92 Å². The van der Waals surface area contributed by atoms with Crippen molar-refractivity contribution < 1.29 is 9.13 Å². The average Bonchev–Trinajstić information content (AvgIpc) is 2.40. The van der Waals surface area contributed by atoms with E-state index in [1.165, 1.54) is 11.6 Å². The van der Waals surface area contributed by atoms with Crippen molar-refractivity contribution in [2.75, 3.05) is 18.5 Å². The second kappa shape index (κ2) is 6.57. The Morgan fingerprint density at radius 3 is 2.74 bits per heavy atom. The first kappa shape index (κ1) is 13.9. The van der Waals surface area contributed by atoms with Gasteiger partial charge in [0.05, 0.1) is 4.47 Å². The molecule has 0 saturated carbocycles. The van der Waals surface area contributed by atoms with Crippen LogP contribution in [0.25, 0.3) is 0 Å². The molecule has 100 valence electrons. The molecule has 0 aromatic heterocycles. The quantitative estimate of drug-likeness (QED) is 0.824. The minimum Gasteiger partial charge on any atom is -0.492 e. The molecular weight excluding hydrogens is 309 g/mol. The van der Waals surface area contributed by atoms with Crippen LogP contribution in [0.1, 0.15) is 5.56 Å². The lowest BCUT2D eigenvalue weighted by Gasteiger charge is -2.10. The van der Waals surface area contributed by atoms with Gasteiger partial charge in [0.25, 0.3) is 0 Å². The van der Waals surface area contributed by atoms with Crippen LogP contribution in [0.3, 0.4) is 0 Å². The van der Waals surface area contributed by atoms with E-state index in [0.717, 1.165) is 5.69 Å². The molecule has 0 amide bonds. The minimum atomic E-state index is -0.315. The third-order valence-corrected chi connectivity index (χ3v) is 3.37. The maximum Gasteiger partial charge on any atom is 0.141 e. The molecule has 0 radical (unpaired) electrons. The summed E-state index contributed by atoms with van der Waals surface area (Å²) in [6.45, 7) is 3.20. The van der Waals surface area contributed by atoms with Crippen molar-refractivity contribution in [3.05, 3.63) is 58.3 Å². The first-order chi connectivity index (χ1) is 9.16. The molecule has 0 aliphatic carbocycles. The van der Waals surface area contributed by atoms with Crippen LogP contribution in [0, 0.1) is 12.7 Å². The largest absolute Gasteiger partial charge is 0.492 e. The fourth-order valence-electron chi connectivity index (χ4n) is 1.69. The second-order valence-electron chi connectivity index (χ2n) is 4.17. The number of ether oxygens (including phenoxy) is 1. The highest BCUT2D eigenvalue weighted by Gasteiger charge is 2.01. The Kier molecular flexibility index (Phi) is 4.80. The number of halogens is 2. The number of hydrogen-bond acceptors (Lipinski definition) is 2. The molecule has 0 fully saturated rings. The van der Waals surface area contributed by atoms with E-state index in [0.29, 0.717) is 23.4 Å². The molecule has 1 N–H and O–H groups in total. The second-order valence-corrected chi connectivity index (χ2v) is 5.02. The number of hydrogen-bond donors (Lipinski definition) is 1. The standard InChI is InChI=1S/C15H15BrFNO/c1-11-4-2-3-5-15(11)18-8-9-19-12-6-7-13(16)14(17)10-12/h2-7,10,18H,8-9H2,1H3. The number of benzene rings is 2. The summed E-state index contributed by atoms with van der Waals surface area (Å²) in [5.74, 6) is 0.219. The highest BCUT2D eigenvalue weighted by molar-refractivity contribution is 9.10. The van der Waals surface area contributed by atoms with Crippen LogP contribution in [-0.2, 0) is 0 Å². The highest BCUT2D eigenvalue weighted by Crippen LogP contribution is 2.20. The fourth-order valence-corrected chi connectivity index (χ4v) is 1.94. The molecule has 4 heteroatoms. The molecule has 0 heterocycles. The van der Waals surface area contributed by atoms with Crippen molar-refractivity contribution in [1.29, 1.82) is 0 Å². The molecule has 0 spiro atoms. The highest BCUT2D eigenvalue weighted by atomic mass is 79.9. The normalized spacial score (nSPS) is 10.3. The summed E-state index contributed by atoms with van der Waals surface area (Å²) in [5.41, 5.74) is 2.28. The summed E-state index contributed by atoms with van der Waals surface area (Å²) in [6.07, 6.45) is 0. The minimum absolute atomic E-state index is 0.315. The summed E-state index contributed by atoms with van der Waals surface area (Å²) >= 11 is 3.11. The van der Waals surface area contributed by atoms with Crippen molar-refractivity contribution in [3.8, 4) is 5.75 Å². The Balaban J connectivity index is 1.81. The fraction of sp³-hybridized carbons (Fsp3) is 0.200. The summed E-state index contributed by atoms with van der Waals surface area (Å²) < 4.78 is 19.2. The zero-order valence-electron chi connectivity index (χ0n) is 10.6. The molecule has 2 rings (SSSR count). The Hall–Kier alpha value is -1.55. The van der Waals surface area contributed by atoms with Crippen LogP contribution in [0.2, 0.25) is 0 Å². The Morgan fingerprint density at radius 2 is 2.00 bits per heavy atom. The molecule has 2 nitrogen and oxygen atoms in total. The van der Waals surface area contributed by atoms with Gasteiger partial charge in [-0.1, -0.05) is 18.2 Å². The molecule has 19 heavy (non-hydrogen) atoms. The summed E-state index contributed by atoms with van der Waals surface area (Å²) in [6, 6.07) is 12.8. The summed E-state index contributed by atoms with van der Waals surface area (Å²) in [5, 5.41) is 3.28. The van der Waals surface area contributed by atoms with Gasteiger partial charge < -0.3 is 10.1 Å². The maximum absolute atomic E-state index is 13.3. The lowest BCUT2D eigenvalue weighted by molar-refractivity contribution is 0.331. The van der Waals surface area contributed by atoms with E-state index in [4.69, 9.17) is 4.74 Å². The number of aryl methyl sites for hydroxylation is 1. The van der Waals surface area contributed by atoms with E-state index < -0.39 is 0 Å². The van der Waals surface area contributed by atoms with Gasteiger partial charge in [-0.3, -0.25) is 0 Å². The molecule has 2 aromatic carbocycles. The molecular formula is C15H15BrFNO. The summed E-state index contributed by atoms with van der Waals surface area (Å²) in [7, 11) is 0. The van der Waals surface area contributed by atoms with Gasteiger partial charge in [-0.05, 0) is 46.6 Å². The molecule has 0 aliphatic rings. The molecule has 0 atom stereocenters. The molecule has 0 bridgehead atoms. The lowest BCUT2D eigenvalue weighted by Crippen LogP contribution is -2.12. The van der Waals surface area contributed by atoms with E-state index in [1.807, 2.05) is 31.2 Å². The topological polar surface area (TPSA) is 21.3 Å². The van der Waals surface area contributed by atoms with Gasteiger partial charge in [-0.2, -0.15) is 0 Å². The van der Waals surface area contributed by atoms with E-state index >= 15 is 0 Å². The van der Waals surface area contributed by atoms with Gasteiger partial charge in [0, 0.05) is 18.3 Å².